The van der Waals surface area contributed by atoms with Crippen LogP contribution in [-0.2, 0) is 11.3 Å². The zero-order valence-electron chi connectivity index (χ0n) is 11.0. The summed E-state index contributed by atoms with van der Waals surface area (Å²) in [7, 11) is 1.56. The Labute approximate surface area is 107 Å². The summed E-state index contributed by atoms with van der Waals surface area (Å²) in [6, 6.07) is 5.58. The highest BCUT2D eigenvalue weighted by molar-refractivity contribution is 5.90. The molecule has 0 heterocycles. The van der Waals surface area contributed by atoms with Gasteiger partial charge in [-0.1, -0.05) is 6.07 Å². The Balaban J connectivity index is 2.72. The molecule has 5 heteroatoms. The first-order valence-corrected chi connectivity index (χ1v) is 5.86. The fourth-order valence-corrected chi connectivity index (χ4v) is 1.58. The Morgan fingerprint density at radius 2 is 2.22 bits per heavy atom. The first-order chi connectivity index (χ1) is 8.52. The highest BCUT2D eigenvalue weighted by Gasteiger charge is 2.06. The summed E-state index contributed by atoms with van der Waals surface area (Å²) in [4.78, 5) is 11.1. The maximum Gasteiger partial charge on any atom is 0.221 e. The van der Waals surface area contributed by atoms with Gasteiger partial charge in [0.05, 0.1) is 18.9 Å². The Bertz CT molecular complexity index is 405. The summed E-state index contributed by atoms with van der Waals surface area (Å²) < 4.78 is 5.17. The second-order valence-corrected chi connectivity index (χ2v) is 4.20. The quantitative estimate of drug-likeness (QED) is 0.709. The fourth-order valence-electron chi connectivity index (χ4n) is 1.58. The van der Waals surface area contributed by atoms with Crippen LogP contribution in [0.25, 0.3) is 0 Å². The van der Waals surface area contributed by atoms with Gasteiger partial charge in [-0.2, -0.15) is 0 Å². The minimum Gasteiger partial charge on any atom is -0.495 e. The Hall–Kier alpha value is -1.59. The van der Waals surface area contributed by atoms with Crippen LogP contribution in [0.15, 0.2) is 18.2 Å². The highest BCUT2D eigenvalue weighted by Crippen LogP contribution is 2.25. The molecule has 1 rings (SSSR count). The van der Waals surface area contributed by atoms with E-state index in [4.69, 9.17) is 9.84 Å². The van der Waals surface area contributed by atoms with Gasteiger partial charge in [0.15, 0.2) is 0 Å². The molecule has 1 aromatic rings. The molecule has 0 bridgehead atoms. The van der Waals surface area contributed by atoms with Crippen molar-refractivity contribution in [1.82, 2.24) is 5.32 Å². The molecule has 1 unspecified atom stereocenters. The molecule has 1 aromatic carbocycles. The summed E-state index contributed by atoms with van der Waals surface area (Å²) in [5, 5.41) is 15.0. The van der Waals surface area contributed by atoms with E-state index in [1.807, 2.05) is 18.2 Å². The summed E-state index contributed by atoms with van der Waals surface area (Å²) in [5.41, 5.74) is 1.67. The van der Waals surface area contributed by atoms with Crippen molar-refractivity contribution in [2.75, 3.05) is 19.0 Å². The summed E-state index contributed by atoms with van der Waals surface area (Å²) >= 11 is 0. The molecule has 0 aliphatic heterocycles. The third-order valence-corrected chi connectivity index (χ3v) is 2.34. The number of anilines is 1. The van der Waals surface area contributed by atoms with Gasteiger partial charge >= 0.3 is 0 Å². The molecule has 0 aromatic heterocycles. The van der Waals surface area contributed by atoms with Crippen molar-refractivity contribution in [1.29, 1.82) is 0 Å². The SMILES string of the molecule is COc1ccc(CNCC(C)O)cc1NC(C)=O. The molecule has 0 aliphatic carbocycles. The van der Waals surface area contributed by atoms with Crippen LogP contribution in [0.4, 0.5) is 5.69 Å². The molecule has 0 saturated carbocycles. The van der Waals surface area contributed by atoms with E-state index in [1.165, 1.54) is 6.92 Å². The van der Waals surface area contributed by atoms with Crippen LogP contribution in [-0.4, -0.2) is 30.8 Å². The van der Waals surface area contributed by atoms with Gasteiger partial charge in [-0.3, -0.25) is 4.79 Å². The molecule has 18 heavy (non-hydrogen) atoms. The van der Waals surface area contributed by atoms with E-state index in [0.717, 1.165) is 5.56 Å². The number of amides is 1. The number of aliphatic hydroxyl groups excluding tert-OH is 1. The molecular formula is C13H20N2O3. The van der Waals surface area contributed by atoms with Gasteiger partial charge in [0, 0.05) is 20.0 Å². The van der Waals surface area contributed by atoms with Crippen molar-refractivity contribution < 1.29 is 14.6 Å². The maximum absolute atomic E-state index is 11.1. The van der Waals surface area contributed by atoms with E-state index in [1.54, 1.807) is 14.0 Å². The molecular weight excluding hydrogens is 232 g/mol. The highest BCUT2D eigenvalue weighted by atomic mass is 16.5. The molecule has 5 nitrogen and oxygen atoms in total. The van der Waals surface area contributed by atoms with Gasteiger partial charge in [-0.25, -0.2) is 0 Å². The number of hydrogen-bond acceptors (Lipinski definition) is 4. The van der Waals surface area contributed by atoms with Crippen LogP contribution in [0.1, 0.15) is 19.4 Å². The van der Waals surface area contributed by atoms with Crippen molar-refractivity contribution in [3.8, 4) is 5.75 Å². The van der Waals surface area contributed by atoms with Crippen LogP contribution in [0.5, 0.6) is 5.75 Å². The predicted octanol–water partition coefficient (Wildman–Crippen LogP) is 1.12. The van der Waals surface area contributed by atoms with E-state index >= 15 is 0 Å². The number of ether oxygens (including phenoxy) is 1. The second-order valence-electron chi connectivity index (χ2n) is 4.20. The van der Waals surface area contributed by atoms with Gasteiger partial charge < -0.3 is 20.5 Å². The molecule has 0 radical (unpaired) electrons. The first-order valence-electron chi connectivity index (χ1n) is 5.86. The monoisotopic (exact) mass is 252 g/mol. The topological polar surface area (TPSA) is 70.6 Å². The summed E-state index contributed by atoms with van der Waals surface area (Å²) in [6.07, 6.45) is -0.377. The normalized spacial score (nSPS) is 12.0. The average Bonchev–Trinajstić information content (AvgIpc) is 2.28. The zero-order valence-corrected chi connectivity index (χ0v) is 11.0. The number of hydrogen-bond donors (Lipinski definition) is 3. The predicted molar refractivity (Wildman–Crippen MR) is 70.7 cm³/mol. The van der Waals surface area contributed by atoms with Gasteiger partial charge in [0.25, 0.3) is 0 Å². The number of methoxy groups -OCH3 is 1. The number of carbonyl (C=O) groups is 1. The number of nitrogens with one attached hydrogen (secondary N) is 2. The Kier molecular flexibility index (Phi) is 5.61. The smallest absolute Gasteiger partial charge is 0.221 e. The fraction of sp³-hybridized carbons (Fsp3) is 0.462. The lowest BCUT2D eigenvalue weighted by Gasteiger charge is -2.12. The van der Waals surface area contributed by atoms with E-state index in [0.29, 0.717) is 24.5 Å². The number of benzene rings is 1. The summed E-state index contributed by atoms with van der Waals surface area (Å²) in [6.45, 7) is 4.34. The first kappa shape index (κ1) is 14.5. The molecule has 100 valence electrons. The second kappa shape index (κ2) is 6.98. The van der Waals surface area contributed by atoms with Crippen LogP contribution in [0, 0.1) is 0 Å². The molecule has 0 fully saturated rings. The Morgan fingerprint density at radius 1 is 1.50 bits per heavy atom. The Morgan fingerprint density at radius 3 is 2.78 bits per heavy atom. The molecule has 1 amide bonds. The minimum atomic E-state index is -0.377. The van der Waals surface area contributed by atoms with Gasteiger partial charge in [0.2, 0.25) is 5.91 Å². The largest absolute Gasteiger partial charge is 0.495 e. The van der Waals surface area contributed by atoms with Crippen molar-refractivity contribution in [2.24, 2.45) is 0 Å². The summed E-state index contributed by atoms with van der Waals surface area (Å²) in [5.74, 6) is 0.492. The third kappa shape index (κ3) is 4.73. The van der Waals surface area contributed by atoms with Crippen LogP contribution in [0.2, 0.25) is 0 Å². The standard InChI is InChI=1S/C13H20N2O3/c1-9(16)7-14-8-11-4-5-13(18-3)12(6-11)15-10(2)17/h4-6,9,14,16H,7-8H2,1-3H3,(H,15,17). The van der Waals surface area contributed by atoms with Gasteiger partial charge in [-0.05, 0) is 24.6 Å². The van der Waals surface area contributed by atoms with Crippen molar-refractivity contribution in [3.05, 3.63) is 23.8 Å². The van der Waals surface area contributed by atoms with Crippen molar-refractivity contribution >= 4 is 11.6 Å². The van der Waals surface area contributed by atoms with E-state index in [9.17, 15) is 4.79 Å². The van der Waals surface area contributed by atoms with Crippen molar-refractivity contribution in [2.45, 2.75) is 26.5 Å². The van der Waals surface area contributed by atoms with E-state index in [-0.39, 0.29) is 12.0 Å². The molecule has 0 spiro atoms. The molecule has 3 N–H and O–H groups in total. The average molecular weight is 252 g/mol. The van der Waals surface area contributed by atoms with E-state index in [2.05, 4.69) is 10.6 Å². The maximum atomic E-state index is 11.1. The molecule has 0 aliphatic rings. The molecule has 1 atom stereocenters. The van der Waals surface area contributed by atoms with Crippen LogP contribution in [0.3, 0.4) is 0 Å². The lowest BCUT2D eigenvalue weighted by Crippen LogP contribution is -2.23. The van der Waals surface area contributed by atoms with E-state index < -0.39 is 0 Å². The van der Waals surface area contributed by atoms with Crippen LogP contribution < -0.4 is 15.4 Å². The lowest BCUT2D eigenvalue weighted by molar-refractivity contribution is -0.114. The minimum absolute atomic E-state index is 0.137. The number of carbonyl (C=O) groups excluding carboxylic acids is 1. The lowest BCUT2D eigenvalue weighted by atomic mass is 10.1. The van der Waals surface area contributed by atoms with Gasteiger partial charge in [-0.15, -0.1) is 0 Å². The number of rotatable bonds is 6. The van der Waals surface area contributed by atoms with Crippen molar-refractivity contribution in [3.63, 3.8) is 0 Å². The van der Waals surface area contributed by atoms with Crippen LogP contribution >= 0.6 is 0 Å². The zero-order chi connectivity index (χ0) is 13.5. The van der Waals surface area contributed by atoms with Gasteiger partial charge in [0.1, 0.15) is 5.75 Å². The number of aliphatic hydroxyl groups is 1. The molecule has 0 saturated heterocycles. The third-order valence-electron chi connectivity index (χ3n) is 2.34.